The summed E-state index contributed by atoms with van der Waals surface area (Å²) in [6.07, 6.45) is 0. The van der Waals surface area contributed by atoms with E-state index >= 15 is 0 Å². The fraction of sp³-hybridized carbons (Fsp3) is 0.857. The zero-order valence-corrected chi connectivity index (χ0v) is 6.42. The van der Waals surface area contributed by atoms with E-state index in [1.807, 2.05) is 18.9 Å². The van der Waals surface area contributed by atoms with Gasteiger partial charge in [-0.15, -0.1) is 0 Å². The number of nitrogens with zero attached hydrogens (tertiary/aromatic N) is 2. The van der Waals surface area contributed by atoms with E-state index in [0.29, 0.717) is 6.61 Å². The number of rotatable bonds is 0. The van der Waals surface area contributed by atoms with Gasteiger partial charge in [0.25, 0.3) is 0 Å². The van der Waals surface area contributed by atoms with Gasteiger partial charge in [0.15, 0.2) is 0 Å². The smallest absolute Gasteiger partial charge is 0.129 e. The van der Waals surface area contributed by atoms with Crippen LogP contribution in [0.3, 0.4) is 0 Å². The predicted octanol–water partition coefficient (Wildman–Crippen LogP) is 0.231. The van der Waals surface area contributed by atoms with Crippen LogP contribution in [0.25, 0.3) is 0 Å². The van der Waals surface area contributed by atoms with Crippen LogP contribution < -0.4 is 0 Å². The van der Waals surface area contributed by atoms with Crippen molar-refractivity contribution in [3.63, 3.8) is 0 Å². The summed E-state index contributed by atoms with van der Waals surface area (Å²) >= 11 is 0. The van der Waals surface area contributed by atoms with Crippen LogP contribution in [-0.2, 0) is 4.74 Å². The van der Waals surface area contributed by atoms with Crippen LogP contribution in [0.1, 0.15) is 6.92 Å². The second-order valence-electron chi connectivity index (χ2n) is 2.86. The van der Waals surface area contributed by atoms with Crippen molar-refractivity contribution in [2.45, 2.75) is 12.5 Å². The van der Waals surface area contributed by atoms with Gasteiger partial charge in [0.1, 0.15) is 5.54 Å². The summed E-state index contributed by atoms with van der Waals surface area (Å²) in [4.78, 5) is 2.02. The van der Waals surface area contributed by atoms with E-state index < -0.39 is 5.54 Å². The van der Waals surface area contributed by atoms with Crippen molar-refractivity contribution >= 4 is 0 Å². The minimum absolute atomic E-state index is 0.405. The highest BCUT2D eigenvalue weighted by Crippen LogP contribution is 2.15. The Morgan fingerprint density at radius 3 is 2.80 bits per heavy atom. The van der Waals surface area contributed by atoms with Crippen LogP contribution in [0.5, 0.6) is 0 Å². The summed E-state index contributed by atoms with van der Waals surface area (Å²) in [6, 6.07) is 2.23. The van der Waals surface area contributed by atoms with Gasteiger partial charge in [-0.1, -0.05) is 0 Å². The molecule has 3 heteroatoms. The maximum atomic E-state index is 8.75. The lowest BCUT2D eigenvalue weighted by Crippen LogP contribution is -2.51. The van der Waals surface area contributed by atoms with Gasteiger partial charge in [0, 0.05) is 6.54 Å². The summed E-state index contributed by atoms with van der Waals surface area (Å²) in [5, 5.41) is 8.75. The zero-order chi connectivity index (χ0) is 7.61. The summed E-state index contributed by atoms with van der Waals surface area (Å²) in [5.74, 6) is 0. The first kappa shape index (κ1) is 7.52. The summed E-state index contributed by atoms with van der Waals surface area (Å²) < 4.78 is 5.18. The molecule has 10 heavy (non-hydrogen) atoms. The molecule has 1 fully saturated rings. The van der Waals surface area contributed by atoms with Gasteiger partial charge in [0.05, 0.1) is 19.3 Å². The van der Waals surface area contributed by atoms with Crippen LogP contribution in [-0.4, -0.2) is 37.2 Å². The molecule has 0 aromatic rings. The van der Waals surface area contributed by atoms with Crippen molar-refractivity contribution in [1.29, 1.82) is 5.26 Å². The highest BCUT2D eigenvalue weighted by molar-refractivity contribution is 5.05. The van der Waals surface area contributed by atoms with Gasteiger partial charge in [-0.3, -0.25) is 4.90 Å². The molecular formula is C7H12N2O. The lowest BCUT2D eigenvalue weighted by Gasteiger charge is -2.36. The van der Waals surface area contributed by atoms with Crippen molar-refractivity contribution in [2.75, 3.05) is 26.8 Å². The standard InChI is InChI=1S/C7H12N2O/c1-7(5-8)6-10-4-3-9(7)2/h3-4,6H2,1-2H3. The van der Waals surface area contributed by atoms with Gasteiger partial charge >= 0.3 is 0 Å². The molecular weight excluding hydrogens is 128 g/mol. The summed E-state index contributed by atoms with van der Waals surface area (Å²) in [7, 11) is 1.95. The highest BCUT2D eigenvalue weighted by Gasteiger charge is 2.32. The Morgan fingerprint density at radius 1 is 1.70 bits per heavy atom. The molecule has 0 spiro atoms. The topological polar surface area (TPSA) is 36.3 Å². The predicted molar refractivity (Wildman–Crippen MR) is 37.5 cm³/mol. The first-order chi connectivity index (χ1) is 4.69. The minimum atomic E-state index is -0.405. The van der Waals surface area contributed by atoms with Crippen LogP contribution in [0, 0.1) is 11.3 Å². The van der Waals surface area contributed by atoms with Gasteiger partial charge in [-0.05, 0) is 14.0 Å². The lowest BCUT2D eigenvalue weighted by atomic mass is 10.0. The van der Waals surface area contributed by atoms with Crippen molar-refractivity contribution < 1.29 is 4.74 Å². The molecule has 1 aliphatic rings. The van der Waals surface area contributed by atoms with E-state index in [1.54, 1.807) is 0 Å². The first-order valence-electron chi connectivity index (χ1n) is 3.39. The number of likely N-dealkylation sites (N-methyl/N-ethyl adjacent to an activating group) is 1. The second kappa shape index (κ2) is 2.57. The molecule has 0 aromatic carbocycles. The Labute approximate surface area is 61.2 Å². The average Bonchev–Trinajstić information content (AvgIpc) is 1.96. The maximum Gasteiger partial charge on any atom is 0.129 e. The van der Waals surface area contributed by atoms with Crippen LogP contribution in [0.15, 0.2) is 0 Å². The van der Waals surface area contributed by atoms with E-state index in [-0.39, 0.29) is 0 Å². The van der Waals surface area contributed by atoms with Crippen molar-refractivity contribution in [1.82, 2.24) is 4.90 Å². The Kier molecular flexibility index (Phi) is 1.93. The molecule has 0 radical (unpaired) electrons. The Hall–Kier alpha value is -0.590. The molecule has 56 valence electrons. The molecule has 1 unspecified atom stereocenters. The number of ether oxygens (including phenoxy) is 1. The number of hydrogen-bond donors (Lipinski definition) is 0. The Bertz CT molecular complexity index is 163. The molecule has 1 atom stereocenters. The monoisotopic (exact) mass is 140 g/mol. The Balaban J connectivity index is 2.65. The van der Waals surface area contributed by atoms with Crippen molar-refractivity contribution in [3.8, 4) is 6.07 Å². The van der Waals surface area contributed by atoms with E-state index in [0.717, 1.165) is 13.2 Å². The number of morpholine rings is 1. The van der Waals surface area contributed by atoms with Crippen molar-refractivity contribution in [3.05, 3.63) is 0 Å². The van der Waals surface area contributed by atoms with Gasteiger partial charge < -0.3 is 4.74 Å². The molecule has 0 amide bonds. The fourth-order valence-electron chi connectivity index (χ4n) is 0.947. The maximum absolute atomic E-state index is 8.75. The first-order valence-corrected chi connectivity index (χ1v) is 3.39. The normalized spacial score (nSPS) is 35.3. The molecule has 0 bridgehead atoms. The summed E-state index contributed by atoms with van der Waals surface area (Å²) in [5.41, 5.74) is -0.405. The molecule has 0 N–H and O–H groups in total. The summed E-state index contributed by atoms with van der Waals surface area (Å²) in [6.45, 7) is 4.02. The molecule has 3 nitrogen and oxygen atoms in total. The SMILES string of the molecule is CN1CCOCC1(C)C#N. The molecule has 1 rings (SSSR count). The molecule has 1 heterocycles. The zero-order valence-electron chi connectivity index (χ0n) is 6.42. The third-order valence-corrected chi connectivity index (χ3v) is 2.04. The largest absolute Gasteiger partial charge is 0.377 e. The lowest BCUT2D eigenvalue weighted by molar-refractivity contribution is -0.0191. The third kappa shape index (κ3) is 1.13. The van der Waals surface area contributed by atoms with Crippen LogP contribution >= 0.6 is 0 Å². The third-order valence-electron chi connectivity index (χ3n) is 2.04. The quantitative estimate of drug-likeness (QED) is 0.483. The molecule has 0 aromatic heterocycles. The van der Waals surface area contributed by atoms with Crippen LogP contribution in [0.2, 0.25) is 0 Å². The van der Waals surface area contributed by atoms with Gasteiger partial charge in [-0.25, -0.2) is 0 Å². The molecule has 1 saturated heterocycles. The van der Waals surface area contributed by atoms with E-state index in [1.165, 1.54) is 0 Å². The van der Waals surface area contributed by atoms with Gasteiger partial charge in [-0.2, -0.15) is 5.26 Å². The van der Waals surface area contributed by atoms with E-state index in [2.05, 4.69) is 6.07 Å². The fourth-order valence-corrected chi connectivity index (χ4v) is 0.947. The van der Waals surface area contributed by atoms with E-state index in [9.17, 15) is 0 Å². The molecule has 0 saturated carbocycles. The molecule has 0 aliphatic carbocycles. The average molecular weight is 140 g/mol. The minimum Gasteiger partial charge on any atom is -0.377 e. The Morgan fingerprint density at radius 2 is 2.40 bits per heavy atom. The van der Waals surface area contributed by atoms with Crippen LogP contribution in [0.4, 0.5) is 0 Å². The number of nitriles is 1. The van der Waals surface area contributed by atoms with Gasteiger partial charge in [0.2, 0.25) is 0 Å². The second-order valence-corrected chi connectivity index (χ2v) is 2.86. The number of hydrogen-bond acceptors (Lipinski definition) is 3. The molecule has 1 aliphatic heterocycles. The van der Waals surface area contributed by atoms with E-state index in [4.69, 9.17) is 10.00 Å². The highest BCUT2D eigenvalue weighted by atomic mass is 16.5. The van der Waals surface area contributed by atoms with Crippen molar-refractivity contribution in [2.24, 2.45) is 0 Å².